The van der Waals surface area contributed by atoms with Gasteiger partial charge in [-0.15, -0.1) is 0 Å². The SMILES string of the molecule is CCOC(=O)Cc1cccc(N2CCc3nn(-c4c(CC)cccc4CC)cc3C2c2cc(F)cc(NC(=O)NC(=O)c3ccccc3)c2F)c1. The molecule has 5 aromatic rings. The smallest absolute Gasteiger partial charge is 0.326 e. The Hall–Kier alpha value is -5.84. The van der Waals surface area contributed by atoms with E-state index in [2.05, 4.69) is 36.6 Å². The number of aryl methyl sites for hydroxylation is 2. The van der Waals surface area contributed by atoms with Crippen LogP contribution in [0.4, 0.5) is 25.0 Å². The maximum atomic E-state index is 16.7. The van der Waals surface area contributed by atoms with E-state index in [0.717, 1.165) is 47.5 Å². The van der Waals surface area contributed by atoms with E-state index >= 15 is 8.78 Å². The Bertz CT molecular complexity index is 2060. The largest absolute Gasteiger partial charge is 0.466 e. The zero-order valence-electron chi connectivity index (χ0n) is 28.7. The molecule has 0 radical (unpaired) electrons. The topological polar surface area (TPSA) is 106 Å². The van der Waals surface area contributed by atoms with Crippen LogP contribution in [0.2, 0.25) is 0 Å². The highest BCUT2D eigenvalue weighted by molar-refractivity contribution is 6.08. The zero-order valence-corrected chi connectivity index (χ0v) is 28.7. The fraction of sp³-hybridized carbons (Fsp3) is 0.250. The summed E-state index contributed by atoms with van der Waals surface area (Å²) in [5.41, 5.74) is 5.74. The van der Waals surface area contributed by atoms with Gasteiger partial charge in [-0.2, -0.15) is 5.10 Å². The van der Waals surface area contributed by atoms with E-state index in [1.807, 2.05) is 46.1 Å². The second-order valence-electron chi connectivity index (χ2n) is 12.2. The molecular weight excluding hydrogens is 652 g/mol. The normalized spacial score (nSPS) is 13.7. The van der Waals surface area contributed by atoms with E-state index < -0.39 is 35.3 Å². The summed E-state index contributed by atoms with van der Waals surface area (Å²) in [6, 6.07) is 21.7. The number of imide groups is 1. The fourth-order valence-corrected chi connectivity index (χ4v) is 6.65. The van der Waals surface area contributed by atoms with Crippen LogP contribution < -0.4 is 15.5 Å². The van der Waals surface area contributed by atoms with Crippen LogP contribution in [-0.4, -0.2) is 40.8 Å². The number of nitrogens with one attached hydrogen (secondary N) is 2. The average molecular weight is 692 g/mol. The Labute approximate surface area is 295 Å². The molecule has 1 atom stereocenters. The van der Waals surface area contributed by atoms with E-state index in [0.29, 0.717) is 29.8 Å². The summed E-state index contributed by atoms with van der Waals surface area (Å²) in [5, 5.41) is 9.51. The Kier molecular flexibility index (Phi) is 10.5. The Morgan fingerprint density at radius 1 is 0.882 bits per heavy atom. The van der Waals surface area contributed by atoms with Gasteiger partial charge in [0.25, 0.3) is 5.91 Å². The molecule has 0 saturated heterocycles. The van der Waals surface area contributed by atoms with Crippen LogP contribution in [0.25, 0.3) is 5.69 Å². The summed E-state index contributed by atoms with van der Waals surface area (Å²) < 4.78 is 39.2. The van der Waals surface area contributed by atoms with Gasteiger partial charge in [-0.1, -0.05) is 62.4 Å². The number of anilines is 2. The van der Waals surface area contributed by atoms with Gasteiger partial charge in [-0.05, 0) is 66.8 Å². The number of rotatable bonds is 10. The summed E-state index contributed by atoms with van der Waals surface area (Å²) in [6.45, 7) is 6.56. The first-order valence-corrected chi connectivity index (χ1v) is 17.1. The van der Waals surface area contributed by atoms with Crippen LogP contribution in [0, 0.1) is 11.6 Å². The van der Waals surface area contributed by atoms with Crippen LogP contribution in [-0.2, 0) is 35.2 Å². The van der Waals surface area contributed by atoms with Crippen molar-refractivity contribution in [1.29, 1.82) is 0 Å². The van der Waals surface area contributed by atoms with Gasteiger partial charge >= 0.3 is 12.0 Å². The highest BCUT2D eigenvalue weighted by Gasteiger charge is 2.35. The van der Waals surface area contributed by atoms with E-state index in [-0.39, 0.29) is 30.1 Å². The van der Waals surface area contributed by atoms with E-state index in [1.54, 1.807) is 25.1 Å². The lowest BCUT2D eigenvalue weighted by Gasteiger charge is -2.38. The Morgan fingerprint density at radius 3 is 2.31 bits per heavy atom. The minimum Gasteiger partial charge on any atom is -0.466 e. The average Bonchev–Trinajstić information content (AvgIpc) is 3.57. The first kappa shape index (κ1) is 35.0. The number of amides is 3. The van der Waals surface area contributed by atoms with E-state index in [4.69, 9.17) is 9.84 Å². The molecule has 262 valence electrons. The molecule has 6 rings (SSSR count). The number of benzene rings is 4. The number of esters is 1. The van der Waals surface area contributed by atoms with Crippen molar-refractivity contribution in [3.63, 3.8) is 0 Å². The number of carbonyl (C=O) groups excluding carboxylic acids is 3. The predicted octanol–water partition coefficient (Wildman–Crippen LogP) is 7.49. The standard InChI is InChI=1S/C40H39F2N5O4/c1-4-26-15-11-16-27(5-2)37(26)47-24-32-33(45-47)18-19-46(30-17-10-12-25(20-30)21-35(48)51-6-3)38(32)31-22-29(41)23-34(36(31)42)43-40(50)44-39(49)28-13-8-7-9-14-28/h7-17,20,22-24,38H,4-6,18-19,21H2,1-3H3,(H2,43,44,49,50). The minimum absolute atomic E-state index is 0.0320. The molecule has 51 heavy (non-hydrogen) atoms. The highest BCUT2D eigenvalue weighted by Crippen LogP contribution is 2.41. The van der Waals surface area contributed by atoms with Gasteiger partial charge in [-0.25, -0.2) is 18.3 Å². The summed E-state index contributed by atoms with van der Waals surface area (Å²) in [4.78, 5) is 39.8. The number of para-hydroxylation sites is 1. The second-order valence-corrected chi connectivity index (χ2v) is 12.2. The molecular formula is C40H39F2N5O4. The maximum Gasteiger partial charge on any atom is 0.326 e. The van der Waals surface area contributed by atoms with E-state index in [9.17, 15) is 14.4 Å². The molecule has 2 heterocycles. The molecule has 2 N–H and O–H groups in total. The number of carbonyl (C=O) groups is 3. The lowest BCUT2D eigenvalue weighted by Crippen LogP contribution is -2.37. The molecule has 1 unspecified atom stereocenters. The molecule has 11 heteroatoms. The van der Waals surface area contributed by atoms with Gasteiger partial charge in [0.05, 0.1) is 36.1 Å². The van der Waals surface area contributed by atoms with Gasteiger partial charge < -0.3 is 15.0 Å². The summed E-state index contributed by atoms with van der Waals surface area (Å²) in [5.74, 6) is -2.70. The molecule has 1 aliphatic heterocycles. The van der Waals surface area contributed by atoms with Gasteiger partial charge in [-0.3, -0.25) is 14.9 Å². The van der Waals surface area contributed by atoms with Gasteiger partial charge in [0.2, 0.25) is 0 Å². The predicted molar refractivity (Wildman–Crippen MR) is 191 cm³/mol. The van der Waals surface area contributed by atoms with Crippen molar-refractivity contribution in [1.82, 2.24) is 15.1 Å². The Morgan fingerprint density at radius 2 is 1.61 bits per heavy atom. The molecule has 0 aliphatic carbocycles. The van der Waals surface area contributed by atoms with Crippen molar-refractivity contribution in [2.45, 2.75) is 52.5 Å². The van der Waals surface area contributed by atoms with Gasteiger partial charge in [0.1, 0.15) is 5.82 Å². The van der Waals surface area contributed by atoms with Crippen molar-refractivity contribution in [2.75, 3.05) is 23.4 Å². The zero-order chi connectivity index (χ0) is 36.1. The number of ether oxygens (including phenoxy) is 1. The highest BCUT2D eigenvalue weighted by atomic mass is 19.1. The fourth-order valence-electron chi connectivity index (χ4n) is 6.65. The first-order valence-electron chi connectivity index (χ1n) is 17.1. The molecule has 0 spiro atoms. The number of halogens is 2. The first-order chi connectivity index (χ1) is 24.7. The van der Waals surface area contributed by atoms with Crippen molar-refractivity contribution >= 4 is 29.3 Å². The molecule has 0 saturated carbocycles. The molecule has 1 aromatic heterocycles. The number of aromatic nitrogens is 2. The van der Waals surface area contributed by atoms with Gasteiger partial charge in [0, 0.05) is 47.6 Å². The van der Waals surface area contributed by atoms with Crippen LogP contribution in [0.3, 0.4) is 0 Å². The molecule has 1 aliphatic rings. The third kappa shape index (κ3) is 7.52. The van der Waals surface area contributed by atoms with Crippen molar-refractivity contribution in [3.05, 3.63) is 142 Å². The number of nitrogens with zero attached hydrogens (tertiary/aromatic N) is 3. The lowest BCUT2D eigenvalue weighted by molar-refractivity contribution is -0.142. The number of hydrogen-bond acceptors (Lipinski definition) is 6. The summed E-state index contributed by atoms with van der Waals surface area (Å²) in [6.07, 6.45) is 4.00. The van der Waals surface area contributed by atoms with Crippen molar-refractivity contribution in [3.8, 4) is 5.69 Å². The molecule has 0 fully saturated rings. The third-order valence-corrected chi connectivity index (χ3v) is 8.98. The molecule has 9 nitrogen and oxygen atoms in total. The summed E-state index contributed by atoms with van der Waals surface area (Å²) >= 11 is 0. The van der Waals surface area contributed by atoms with Crippen LogP contribution in [0.15, 0.2) is 91.1 Å². The Balaban J connectivity index is 1.44. The molecule has 0 bridgehead atoms. The number of hydrogen-bond donors (Lipinski definition) is 2. The van der Waals surface area contributed by atoms with Gasteiger partial charge in [0.15, 0.2) is 5.82 Å². The van der Waals surface area contributed by atoms with E-state index in [1.165, 1.54) is 12.1 Å². The quantitative estimate of drug-likeness (QED) is 0.147. The number of urea groups is 1. The summed E-state index contributed by atoms with van der Waals surface area (Å²) in [7, 11) is 0. The minimum atomic E-state index is -1.01. The van der Waals surface area contributed by atoms with Crippen molar-refractivity contribution in [2.24, 2.45) is 0 Å². The van der Waals surface area contributed by atoms with Crippen molar-refractivity contribution < 1.29 is 27.9 Å². The van der Waals surface area contributed by atoms with Crippen LogP contribution in [0.1, 0.15) is 70.7 Å². The molecule has 4 aromatic carbocycles. The monoisotopic (exact) mass is 691 g/mol. The third-order valence-electron chi connectivity index (χ3n) is 8.98. The lowest BCUT2D eigenvalue weighted by atomic mass is 9.91. The number of fused-ring (bicyclic) bond motifs is 1. The second kappa shape index (κ2) is 15.4. The maximum absolute atomic E-state index is 16.7. The molecule has 3 amide bonds. The van der Waals surface area contributed by atoms with Crippen LogP contribution in [0.5, 0.6) is 0 Å². The van der Waals surface area contributed by atoms with Crippen LogP contribution >= 0.6 is 0 Å².